The second-order valence-corrected chi connectivity index (χ2v) is 5.88. The van der Waals surface area contributed by atoms with Crippen LogP contribution in [0.3, 0.4) is 0 Å². The summed E-state index contributed by atoms with van der Waals surface area (Å²) in [5, 5.41) is 2.74. The van der Waals surface area contributed by atoms with Crippen LogP contribution in [0, 0.1) is 6.92 Å². The minimum atomic E-state index is -0.557. The number of aromatic nitrogens is 3. The van der Waals surface area contributed by atoms with Gasteiger partial charge in [0, 0.05) is 25.9 Å². The number of anilines is 1. The predicted octanol–water partition coefficient (Wildman–Crippen LogP) is 1.08. The molecule has 8 nitrogen and oxygen atoms in total. The number of para-hydroxylation sites is 2. The smallest absolute Gasteiger partial charge is 0.408 e. The van der Waals surface area contributed by atoms with Crippen molar-refractivity contribution < 1.29 is 9.21 Å². The lowest BCUT2D eigenvalue weighted by Gasteiger charge is -2.13. The van der Waals surface area contributed by atoms with Crippen LogP contribution in [0.25, 0.3) is 11.1 Å². The van der Waals surface area contributed by atoms with Crippen LogP contribution in [0.4, 0.5) is 5.82 Å². The number of carbonyl (C=O) groups excluding carboxylic acids is 1. The topological polar surface area (TPSA) is 93.3 Å². The molecule has 8 heteroatoms. The molecule has 0 radical (unpaired) electrons. The maximum atomic E-state index is 12.2. The summed E-state index contributed by atoms with van der Waals surface area (Å²) in [4.78, 5) is 34.7. The van der Waals surface area contributed by atoms with Gasteiger partial charge in [-0.2, -0.15) is 0 Å². The van der Waals surface area contributed by atoms with E-state index in [-0.39, 0.29) is 19.0 Å². The highest BCUT2D eigenvalue weighted by molar-refractivity contribution is 5.79. The highest BCUT2D eigenvalue weighted by Crippen LogP contribution is 2.11. The molecule has 0 saturated carbocycles. The molecule has 1 amide bonds. The van der Waals surface area contributed by atoms with Gasteiger partial charge in [0.15, 0.2) is 5.58 Å². The summed E-state index contributed by atoms with van der Waals surface area (Å²) in [6, 6.07) is 8.85. The molecule has 0 unspecified atom stereocenters. The quantitative estimate of drug-likeness (QED) is 0.746. The average Bonchev–Trinajstić information content (AvgIpc) is 2.88. The Balaban J connectivity index is 1.71. The number of benzene rings is 1. The Kier molecular flexibility index (Phi) is 4.51. The van der Waals surface area contributed by atoms with Gasteiger partial charge in [0.1, 0.15) is 18.2 Å². The minimum absolute atomic E-state index is 0.123. The van der Waals surface area contributed by atoms with Gasteiger partial charge in [-0.25, -0.2) is 14.8 Å². The Hall–Kier alpha value is -3.16. The summed E-state index contributed by atoms with van der Waals surface area (Å²) in [7, 11) is 3.78. The Bertz CT molecular complexity index is 974. The summed E-state index contributed by atoms with van der Waals surface area (Å²) < 4.78 is 6.42. The summed E-state index contributed by atoms with van der Waals surface area (Å²) >= 11 is 0. The van der Waals surface area contributed by atoms with Gasteiger partial charge in [0.05, 0.1) is 12.1 Å². The van der Waals surface area contributed by atoms with Crippen molar-refractivity contribution >= 4 is 22.8 Å². The standard InChI is InChI=1S/C17H19N5O3/c1-11-8-15(21(2)3)20-14(19-11)9-18-16(23)10-22-12-6-4-5-7-13(12)25-17(22)24/h4-8H,9-10H2,1-3H3,(H,18,23). The first-order valence-corrected chi connectivity index (χ1v) is 7.81. The van der Waals surface area contributed by atoms with Crippen molar-refractivity contribution in [2.45, 2.75) is 20.0 Å². The molecule has 130 valence electrons. The van der Waals surface area contributed by atoms with Gasteiger partial charge in [0.25, 0.3) is 0 Å². The maximum Gasteiger partial charge on any atom is 0.420 e. The minimum Gasteiger partial charge on any atom is -0.408 e. The summed E-state index contributed by atoms with van der Waals surface area (Å²) in [6.45, 7) is 1.94. The highest BCUT2D eigenvalue weighted by Gasteiger charge is 2.13. The first-order valence-electron chi connectivity index (χ1n) is 7.81. The molecular weight excluding hydrogens is 322 g/mol. The highest BCUT2D eigenvalue weighted by atomic mass is 16.4. The second-order valence-electron chi connectivity index (χ2n) is 5.88. The number of rotatable bonds is 5. The molecule has 0 aliphatic rings. The zero-order valence-corrected chi connectivity index (χ0v) is 14.3. The number of nitrogens with zero attached hydrogens (tertiary/aromatic N) is 4. The van der Waals surface area contributed by atoms with Gasteiger partial charge in [-0.15, -0.1) is 0 Å². The number of hydrogen-bond donors (Lipinski definition) is 1. The number of amides is 1. The lowest BCUT2D eigenvalue weighted by Crippen LogP contribution is -2.31. The Morgan fingerprint density at radius 3 is 2.80 bits per heavy atom. The molecule has 2 aromatic heterocycles. The van der Waals surface area contributed by atoms with Crippen LogP contribution >= 0.6 is 0 Å². The maximum absolute atomic E-state index is 12.2. The predicted molar refractivity (Wildman–Crippen MR) is 93.4 cm³/mol. The molecule has 3 aromatic rings. The lowest BCUT2D eigenvalue weighted by molar-refractivity contribution is -0.121. The molecule has 0 spiro atoms. The van der Waals surface area contributed by atoms with E-state index in [2.05, 4.69) is 15.3 Å². The van der Waals surface area contributed by atoms with Crippen LogP contribution in [0.1, 0.15) is 11.5 Å². The van der Waals surface area contributed by atoms with E-state index in [0.717, 1.165) is 11.5 Å². The number of nitrogens with one attached hydrogen (secondary N) is 1. The van der Waals surface area contributed by atoms with Crippen LogP contribution in [-0.4, -0.2) is 34.5 Å². The Morgan fingerprint density at radius 1 is 1.28 bits per heavy atom. The Morgan fingerprint density at radius 2 is 2.04 bits per heavy atom. The van der Waals surface area contributed by atoms with Crippen molar-refractivity contribution in [3.63, 3.8) is 0 Å². The van der Waals surface area contributed by atoms with E-state index in [1.807, 2.05) is 32.0 Å². The fraction of sp³-hybridized carbons (Fsp3) is 0.294. The normalized spacial score (nSPS) is 10.8. The van der Waals surface area contributed by atoms with Gasteiger partial charge >= 0.3 is 5.76 Å². The first-order chi connectivity index (χ1) is 11.9. The van der Waals surface area contributed by atoms with Crippen LogP contribution < -0.4 is 16.0 Å². The molecule has 0 bridgehead atoms. The van der Waals surface area contributed by atoms with Gasteiger partial charge < -0.3 is 14.6 Å². The summed E-state index contributed by atoms with van der Waals surface area (Å²) in [6.07, 6.45) is 0. The Labute approximate surface area is 144 Å². The first kappa shape index (κ1) is 16.7. The van der Waals surface area contributed by atoms with E-state index in [4.69, 9.17) is 4.42 Å². The van der Waals surface area contributed by atoms with Gasteiger partial charge in [0.2, 0.25) is 5.91 Å². The van der Waals surface area contributed by atoms with Crippen LogP contribution in [0.5, 0.6) is 0 Å². The molecular formula is C17H19N5O3. The fourth-order valence-corrected chi connectivity index (χ4v) is 2.46. The molecule has 0 aliphatic carbocycles. The number of fused-ring (bicyclic) bond motifs is 1. The van der Waals surface area contributed by atoms with Crippen molar-refractivity contribution in [3.8, 4) is 0 Å². The van der Waals surface area contributed by atoms with E-state index in [0.29, 0.717) is 16.9 Å². The van der Waals surface area contributed by atoms with Crippen LogP contribution in [-0.2, 0) is 17.9 Å². The monoisotopic (exact) mass is 341 g/mol. The van der Waals surface area contributed by atoms with Crippen LogP contribution in [0.2, 0.25) is 0 Å². The average molecular weight is 341 g/mol. The molecule has 25 heavy (non-hydrogen) atoms. The summed E-state index contributed by atoms with van der Waals surface area (Å²) in [5.41, 5.74) is 1.86. The molecule has 0 atom stereocenters. The van der Waals surface area contributed by atoms with Crippen molar-refractivity contribution in [3.05, 3.63) is 52.4 Å². The third-order valence-corrected chi connectivity index (χ3v) is 3.66. The molecule has 1 aromatic carbocycles. The largest absolute Gasteiger partial charge is 0.420 e. The zero-order chi connectivity index (χ0) is 18.0. The lowest BCUT2D eigenvalue weighted by atomic mass is 10.3. The molecule has 0 aliphatic heterocycles. The number of aryl methyl sites for hydroxylation is 1. The van der Waals surface area contributed by atoms with Gasteiger partial charge in [-0.3, -0.25) is 9.36 Å². The fourth-order valence-electron chi connectivity index (χ4n) is 2.46. The molecule has 3 rings (SSSR count). The molecule has 0 saturated heterocycles. The number of carbonyl (C=O) groups is 1. The van der Waals surface area contributed by atoms with E-state index in [1.165, 1.54) is 4.57 Å². The molecule has 2 heterocycles. The van der Waals surface area contributed by atoms with Crippen molar-refractivity contribution in [1.29, 1.82) is 0 Å². The summed E-state index contributed by atoms with van der Waals surface area (Å²) in [5.74, 6) is 0.415. The van der Waals surface area contributed by atoms with Gasteiger partial charge in [-0.1, -0.05) is 12.1 Å². The van der Waals surface area contributed by atoms with E-state index in [1.54, 1.807) is 24.3 Å². The third kappa shape index (κ3) is 3.68. The third-order valence-electron chi connectivity index (χ3n) is 3.66. The molecule has 1 N–H and O–H groups in total. The van der Waals surface area contributed by atoms with Crippen molar-refractivity contribution in [1.82, 2.24) is 19.9 Å². The van der Waals surface area contributed by atoms with Crippen molar-refractivity contribution in [2.75, 3.05) is 19.0 Å². The zero-order valence-electron chi connectivity index (χ0n) is 14.3. The van der Waals surface area contributed by atoms with Crippen LogP contribution in [0.15, 0.2) is 39.5 Å². The van der Waals surface area contributed by atoms with Gasteiger partial charge in [-0.05, 0) is 19.1 Å². The number of oxazole rings is 1. The van der Waals surface area contributed by atoms with Crippen molar-refractivity contribution in [2.24, 2.45) is 0 Å². The molecule has 0 fully saturated rings. The number of hydrogen-bond acceptors (Lipinski definition) is 6. The van der Waals surface area contributed by atoms with E-state index >= 15 is 0 Å². The second kappa shape index (κ2) is 6.76. The van der Waals surface area contributed by atoms with E-state index in [9.17, 15) is 9.59 Å². The SMILES string of the molecule is Cc1cc(N(C)C)nc(CNC(=O)Cn2c(=O)oc3ccccc32)n1. The van der Waals surface area contributed by atoms with E-state index < -0.39 is 5.76 Å².